The van der Waals surface area contributed by atoms with Crippen molar-refractivity contribution in [3.8, 4) is 0 Å². The summed E-state index contributed by atoms with van der Waals surface area (Å²) in [6, 6.07) is 15.7. The van der Waals surface area contributed by atoms with Crippen LogP contribution in [0.15, 0.2) is 61.2 Å². The highest BCUT2D eigenvalue weighted by molar-refractivity contribution is 6.30. The molecule has 2 heterocycles. The van der Waals surface area contributed by atoms with Crippen LogP contribution in [0.5, 0.6) is 0 Å². The average molecular weight is 615 g/mol. The van der Waals surface area contributed by atoms with Crippen molar-refractivity contribution in [2.24, 2.45) is 5.41 Å². The van der Waals surface area contributed by atoms with Gasteiger partial charge in [-0.25, -0.2) is 4.79 Å². The number of piperazine rings is 1. The Morgan fingerprint density at radius 2 is 1.74 bits per heavy atom. The number of allylic oxidation sites excluding steroid dienone is 1. The summed E-state index contributed by atoms with van der Waals surface area (Å²) in [7, 11) is 0. The molecule has 8 heteroatoms. The van der Waals surface area contributed by atoms with Gasteiger partial charge in [-0.1, -0.05) is 67.4 Å². The Hall–Kier alpha value is -2.54. The molecule has 0 aliphatic carbocycles. The van der Waals surface area contributed by atoms with Gasteiger partial charge in [0.1, 0.15) is 5.60 Å². The number of carbonyl (C=O) groups is 2. The van der Waals surface area contributed by atoms with E-state index in [2.05, 4.69) is 36.3 Å². The fourth-order valence-electron chi connectivity index (χ4n) is 6.44. The summed E-state index contributed by atoms with van der Waals surface area (Å²) in [4.78, 5) is 33.5. The van der Waals surface area contributed by atoms with Gasteiger partial charge < -0.3 is 14.5 Å². The zero-order valence-corrected chi connectivity index (χ0v) is 27.1. The van der Waals surface area contributed by atoms with Gasteiger partial charge >= 0.3 is 6.09 Å². The van der Waals surface area contributed by atoms with Crippen LogP contribution in [-0.4, -0.2) is 71.1 Å². The van der Waals surface area contributed by atoms with Crippen molar-refractivity contribution in [2.45, 2.75) is 77.5 Å². The van der Waals surface area contributed by atoms with Crippen LogP contribution in [0, 0.1) is 5.41 Å². The molecular weight excluding hydrogens is 569 g/mol. The molecule has 0 spiro atoms. The summed E-state index contributed by atoms with van der Waals surface area (Å²) in [5, 5.41) is 1.35. The fraction of sp³-hybridized carbons (Fsp3) is 0.529. The number of piperidine rings is 1. The lowest BCUT2D eigenvalue weighted by molar-refractivity contribution is -0.155. The molecule has 228 valence electrons. The van der Waals surface area contributed by atoms with Crippen molar-refractivity contribution in [3.63, 3.8) is 0 Å². The van der Waals surface area contributed by atoms with Gasteiger partial charge in [-0.15, -0.1) is 6.58 Å². The standard InChI is InChI=1S/C34H45Cl2N3O3/c1-7-16-34(6)22-29(25-10-9-11-27(36)21-25)30(24-12-14-26(35)15-13-24)39(31(34)40)28(8-2)23-37-17-19-38(20-18-37)32(41)42-33(3,4)5/h7,9-15,21,28-30H,1,8,16-20,22-23H2,2-6H3/t28?,29-,30-,34+/m1/s1. The molecule has 0 radical (unpaired) electrons. The smallest absolute Gasteiger partial charge is 0.410 e. The second-order valence-electron chi connectivity index (χ2n) is 13.0. The molecule has 6 nitrogen and oxygen atoms in total. The van der Waals surface area contributed by atoms with Crippen molar-refractivity contribution >= 4 is 35.2 Å². The molecule has 0 aromatic heterocycles. The largest absolute Gasteiger partial charge is 0.444 e. The van der Waals surface area contributed by atoms with Crippen LogP contribution >= 0.6 is 23.2 Å². The van der Waals surface area contributed by atoms with E-state index in [1.54, 1.807) is 4.90 Å². The van der Waals surface area contributed by atoms with Crippen LogP contribution < -0.4 is 0 Å². The second kappa shape index (κ2) is 13.4. The first kappa shape index (κ1) is 32.4. The molecule has 1 unspecified atom stereocenters. The predicted octanol–water partition coefficient (Wildman–Crippen LogP) is 7.96. The Morgan fingerprint density at radius 3 is 2.31 bits per heavy atom. The van der Waals surface area contributed by atoms with E-state index in [1.807, 2.05) is 69.3 Å². The zero-order valence-electron chi connectivity index (χ0n) is 25.6. The predicted molar refractivity (Wildman–Crippen MR) is 171 cm³/mol. The van der Waals surface area contributed by atoms with Crippen LogP contribution in [-0.2, 0) is 9.53 Å². The molecule has 2 aliphatic heterocycles. The van der Waals surface area contributed by atoms with E-state index < -0.39 is 11.0 Å². The van der Waals surface area contributed by atoms with Crippen molar-refractivity contribution < 1.29 is 14.3 Å². The second-order valence-corrected chi connectivity index (χ2v) is 13.8. The van der Waals surface area contributed by atoms with Gasteiger partial charge in [0, 0.05) is 54.7 Å². The maximum absolute atomic E-state index is 14.6. The molecule has 4 atom stereocenters. The molecule has 0 N–H and O–H groups in total. The minimum atomic E-state index is -0.597. The molecule has 2 aromatic rings. The normalized spacial score (nSPS) is 24.4. The van der Waals surface area contributed by atoms with E-state index in [-0.39, 0.29) is 30.0 Å². The summed E-state index contributed by atoms with van der Waals surface area (Å²) < 4.78 is 5.59. The molecule has 0 bridgehead atoms. The summed E-state index contributed by atoms with van der Waals surface area (Å²) >= 11 is 12.8. The Labute approximate surface area is 261 Å². The topological polar surface area (TPSA) is 53.1 Å². The molecule has 2 fully saturated rings. The van der Waals surface area contributed by atoms with E-state index in [4.69, 9.17) is 27.9 Å². The van der Waals surface area contributed by atoms with E-state index in [9.17, 15) is 9.59 Å². The third-order valence-corrected chi connectivity index (χ3v) is 9.03. The van der Waals surface area contributed by atoms with Gasteiger partial charge in [0.05, 0.1) is 11.5 Å². The molecule has 2 aliphatic rings. The van der Waals surface area contributed by atoms with Crippen LogP contribution in [0.1, 0.15) is 77.0 Å². The lowest BCUT2D eigenvalue weighted by atomic mass is 9.67. The van der Waals surface area contributed by atoms with E-state index in [1.165, 1.54) is 0 Å². The number of hydrogen-bond donors (Lipinski definition) is 0. The zero-order chi connectivity index (χ0) is 30.7. The van der Waals surface area contributed by atoms with Gasteiger partial charge in [0.2, 0.25) is 5.91 Å². The number of carbonyl (C=O) groups excluding carboxylic acids is 2. The van der Waals surface area contributed by atoms with Gasteiger partial charge in [0.25, 0.3) is 0 Å². The third kappa shape index (κ3) is 7.50. The van der Waals surface area contributed by atoms with Gasteiger partial charge in [-0.2, -0.15) is 0 Å². The number of nitrogens with zero attached hydrogens (tertiary/aromatic N) is 3. The van der Waals surface area contributed by atoms with Gasteiger partial charge in [0.15, 0.2) is 0 Å². The number of halogens is 2. The molecular formula is C34H45Cl2N3O3. The van der Waals surface area contributed by atoms with Crippen LogP contribution in [0.2, 0.25) is 10.0 Å². The Balaban J connectivity index is 1.67. The lowest BCUT2D eigenvalue weighted by Crippen LogP contribution is -2.59. The highest BCUT2D eigenvalue weighted by Gasteiger charge is 2.51. The van der Waals surface area contributed by atoms with Crippen molar-refractivity contribution in [2.75, 3.05) is 32.7 Å². The highest BCUT2D eigenvalue weighted by atomic mass is 35.5. The Bertz CT molecular complexity index is 1250. The number of rotatable bonds is 8. The summed E-state index contributed by atoms with van der Waals surface area (Å²) in [5.74, 6) is 0.186. The van der Waals surface area contributed by atoms with E-state index in [0.717, 1.165) is 37.2 Å². The average Bonchev–Trinajstić information content (AvgIpc) is 2.93. The molecule has 2 aromatic carbocycles. The fourth-order valence-corrected chi connectivity index (χ4v) is 6.76. The van der Waals surface area contributed by atoms with Crippen LogP contribution in [0.4, 0.5) is 4.79 Å². The van der Waals surface area contributed by atoms with E-state index in [0.29, 0.717) is 36.0 Å². The first-order chi connectivity index (χ1) is 19.8. The summed E-state index contributed by atoms with van der Waals surface area (Å²) in [5.41, 5.74) is 1.06. The number of benzene rings is 2. The van der Waals surface area contributed by atoms with Crippen molar-refractivity contribution in [3.05, 3.63) is 82.4 Å². The lowest BCUT2D eigenvalue weighted by Gasteiger charge is -2.53. The molecule has 2 saturated heterocycles. The quantitative estimate of drug-likeness (QED) is 0.283. The Kier molecular flexibility index (Phi) is 10.3. The summed E-state index contributed by atoms with van der Waals surface area (Å²) in [6.07, 6.45) is 3.68. The number of ether oxygens (including phenoxy) is 1. The maximum Gasteiger partial charge on any atom is 0.410 e. The number of hydrogen-bond acceptors (Lipinski definition) is 4. The van der Waals surface area contributed by atoms with Crippen LogP contribution in [0.3, 0.4) is 0 Å². The monoisotopic (exact) mass is 613 g/mol. The van der Waals surface area contributed by atoms with Gasteiger partial charge in [-0.05, 0) is 75.4 Å². The van der Waals surface area contributed by atoms with Crippen LogP contribution in [0.25, 0.3) is 0 Å². The minimum absolute atomic E-state index is 0.0302. The highest BCUT2D eigenvalue weighted by Crippen LogP contribution is 2.52. The first-order valence-electron chi connectivity index (χ1n) is 15.0. The molecule has 4 rings (SSSR count). The van der Waals surface area contributed by atoms with Crippen molar-refractivity contribution in [1.29, 1.82) is 0 Å². The third-order valence-electron chi connectivity index (χ3n) is 8.54. The summed E-state index contributed by atoms with van der Waals surface area (Å²) in [6.45, 7) is 17.3. The first-order valence-corrected chi connectivity index (χ1v) is 15.8. The van der Waals surface area contributed by atoms with E-state index >= 15 is 0 Å². The maximum atomic E-state index is 14.6. The Morgan fingerprint density at radius 1 is 1.07 bits per heavy atom. The number of amides is 2. The molecule has 0 saturated carbocycles. The SMILES string of the molecule is C=CC[C@@]1(C)C[C@H](c2cccc(Cl)c2)[C@@H](c2ccc(Cl)cc2)N(C(CC)CN2CCN(C(=O)OC(C)(C)C)CC2)C1=O. The van der Waals surface area contributed by atoms with Crippen molar-refractivity contribution in [1.82, 2.24) is 14.7 Å². The molecule has 42 heavy (non-hydrogen) atoms. The van der Waals surface area contributed by atoms with Gasteiger partial charge in [-0.3, -0.25) is 9.69 Å². The number of likely N-dealkylation sites (tertiary alicyclic amines) is 1. The molecule has 2 amide bonds. The minimum Gasteiger partial charge on any atom is -0.444 e.